The fourth-order valence-electron chi connectivity index (χ4n) is 2.52. The molecule has 2 rings (SSSR count). The summed E-state index contributed by atoms with van der Waals surface area (Å²) < 4.78 is 19.0. The highest BCUT2D eigenvalue weighted by Crippen LogP contribution is 2.23. The molecular weight excluding hydrogens is 582 g/mol. The Kier molecular flexibility index (Phi) is 11.0. The quantitative estimate of drug-likeness (QED) is 0.157. The van der Waals surface area contributed by atoms with Crippen molar-refractivity contribution in [3.63, 3.8) is 0 Å². The monoisotopic (exact) mass is 608 g/mol. The molecule has 28 heavy (non-hydrogen) atoms. The van der Waals surface area contributed by atoms with E-state index in [0.717, 1.165) is 48.0 Å². The highest BCUT2D eigenvalue weighted by Gasteiger charge is 2.14. The van der Waals surface area contributed by atoms with Gasteiger partial charge in [0.1, 0.15) is 17.1 Å². The molecule has 0 fully saturated rings. The second-order valence-corrected chi connectivity index (χ2v) is 8.83. The summed E-state index contributed by atoms with van der Waals surface area (Å²) in [5.41, 5.74) is 0.506. The second-order valence-electron chi connectivity index (χ2n) is 6.34. The summed E-state index contributed by atoms with van der Waals surface area (Å²) in [6, 6.07) is 13.7. The maximum absolute atomic E-state index is 12.2. The molecule has 0 saturated heterocycles. The van der Waals surface area contributed by atoms with Gasteiger partial charge in [-0.1, -0.05) is 6.92 Å². The molecule has 0 saturated carbocycles. The van der Waals surface area contributed by atoms with Crippen LogP contribution in [0.1, 0.15) is 49.4 Å². The van der Waals surface area contributed by atoms with Crippen molar-refractivity contribution < 1.29 is 19.0 Å². The lowest BCUT2D eigenvalue weighted by Gasteiger charge is -2.12. The lowest BCUT2D eigenvalue weighted by Crippen LogP contribution is -2.09. The third-order valence-corrected chi connectivity index (χ3v) is 5.37. The Morgan fingerprint density at radius 1 is 0.821 bits per heavy atom. The summed E-state index contributed by atoms with van der Waals surface area (Å²) in [7, 11) is 0. The van der Waals surface area contributed by atoms with Crippen molar-refractivity contribution in [3.8, 4) is 11.5 Å². The van der Waals surface area contributed by atoms with Crippen molar-refractivity contribution in [2.45, 2.75) is 39.0 Å². The minimum absolute atomic E-state index is 0.317. The van der Waals surface area contributed by atoms with Gasteiger partial charge in [0.2, 0.25) is 0 Å². The maximum Gasteiger partial charge on any atom is 0.341 e. The molecule has 6 heteroatoms. The van der Waals surface area contributed by atoms with Crippen LogP contribution in [0.25, 0.3) is 0 Å². The smallest absolute Gasteiger partial charge is 0.341 e. The van der Waals surface area contributed by atoms with Gasteiger partial charge in [-0.15, -0.1) is 0 Å². The number of unbranched alkanes of at least 4 members (excludes halogenated alkanes) is 3. The fraction of sp³-hybridized carbons (Fsp3) is 0.409. The van der Waals surface area contributed by atoms with Crippen LogP contribution in [0, 0.1) is 7.14 Å². The zero-order chi connectivity index (χ0) is 20.2. The number of carbonyl (C=O) groups excluding carboxylic acids is 1. The molecule has 0 bridgehead atoms. The maximum atomic E-state index is 12.2. The molecule has 0 spiro atoms. The van der Waals surface area contributed by atoms with Gasteiger partial charge in [-0.3, -0.25) is 0 Å². The van der Waals surface area contributed by atoms with Gasteiger partial charge < -0.3 is 14.2 Å². The van der Waals surface area contributed by atoms with Crippen LogP contribution in [0.4, 0.5) is 0 Å². The Hall–Kier alpha value is -1.03. The van der Waals surface area contributed by atoms with E-state index in [4.69, 9.17) is 14.2 Å². The van der Waals surface area contributed by atoms with Crippen LogP contribution >= 0.6 is 45.2 Å². The number of carbonyl (C=O) groups is 1. The van der Waals surface area contributed by atoms with Gasteiger partial charge in [-0.05, 0) is 120 Å². The molecule has 0 aliphatic rings. The van der Waals surface area contributed by atoms with Crippen LogP contribution in [0.15, 0.2) is 42.5 Å². The van der Waals surface area contributed by atoms with E-state index in [1.54, 1.807) is 0 Å². The highest BCUT2D eigenvalue weighted by atomic mass is 127. The Labute approximate surface area is 194 Å². The molecule has 0 aromatic heterocycles. The summed E-state index contributed by atoms with van der Waals surface area (Å²) >= 11 is 4.47. The zero-order valence-electron chi connectivity index (χ0n) is 16.1. The largest absolute Gasteiger partial charge is 0.494 e. The van der Waals surface area contributed by atoms with Gasteiger partial charge in [0.25, 0.3) is 0 Å². The summed E-state index contributed by atoms with van der Waals surface area (Å²) in [6.07, 6.45) is 4.92. The van der Waals surface area contributed by atoms with Gasteiger partial charge >= 0.3 is 5.97 Å². The molecule has 0 unspecified atom stereocenters. The molecule has 0 aliphatic heterocycles. The van der Waals surface area contributed by atoms with Crippen molar-refractivity contribution in [3.05, 3.63) is 55.2 Å². The lowest BCUT2D eigenvalue weighted by molar-refractivity contribution is 0.0500. The summed E-state index contributed by atoms with van der Waals surface area (Å²) in [4.78, 5) is 12.2. The first-order valence-electron chi connectivity index (χ1n) is 9.58. The minimum atomic E-state index is -0.317. The second kappa shape index (κ2) is 13.2. The predicted molar refractivity (Wildman–Crippen MR) is 128 cm³/mol. The number of esters is 1. The van der Waals surface area contributed by atoms with Crippen molar-refractivity contribution in [2.24, 2.45) is 0 Å². The number of hydrogen-bond donors (Lipinski definition) is 0. The molecule has 0 atom stereocenters. The Bertz CT molecular complexity index is 732. The van der Waals surface area contributed by atoms with E-state index in [9.17, 15) is 4.79 Å². The molecular formula is C22H26I2O4. The molecule has 2 aromatic rings. The Morgan fingerprint density at radius 2 is 1.46 bits per heavy atom. The third-order valence-electron chi connectivity index (χ3n) is 3.98. The van der Waals surface area contributed by atoms with Crippen LogP contribution in [-0.4, -0.2) is 25.8 Å². The molecule has 0 amide bonds. The first-order chi connectivity index (χ1) is 13.6. The van der Waals surface area contributed by atoms with Crippen molar-refractivity contribution in [1.29, 1.82) is 0 Å². The SMILES string of the molecule is CCCOC(=O)c1cc(I)ccc1OCCCCCCOc1ccc(I)cc1. The topological polar surface area (TPSA) is 44.8 Å². The van der Waals surface area contributed by atoms with Crippen molar-refractivity contribution in [2.75, 3.05) is 19.8 Å². The first-order valence-corrected chi connectivity index (χ1v) is 11.7. The van der Waals surface area contributed by atoms with Gasteiger partial charge in [0.15, 0.2) is 0 Å². The summed E-state index contributed by atoms with van der Waals surface area (Å²) in [5.74, 6) is 1.21. The van der Waals surface area contributed by atoms with E-state index < -0.39 is 0 Å². The van der Waals surface area contributed by atoms with Crippen molar-refractivity contribution in [1.82, 2.24) is 0 Å². The number of halogens is 2. The Balaban J connectivity index is 1.65. The lowest BCUT2D eigenvalue weighted by atomic mass is 10.2. The zero-order valence-corrected chi connectivity index (χ0v) is 20.4. The predicted octanol–water partition coefficient (Wildman–Crippen LogP) is 6.48. The average molecular weight is 608 g/mol. The summed E-state index contributed by atoms with van der Waals surface area (Å²) in [6.45, 7) is 3.72. The van der Waals surface area contributed by atoms with Gasteiger partial charge in [-0.2, -0.15) is 0 Å². The number of hydrogen-bond acceptors (Lipinski definition) is 4. The van der Waals surface area contributed by atoms with Gasteiger partial charge in [0, 0.05) is 7.14 Å². The van der Waals surface area contributed by atoms with Crippen LogP contribution in [-0.2, 0) is 4.74 Å². The van der Waals surface area contributed by atoms with Crippen LogP contribution < -0.4 is 9.47 Å². The molecule has 0 aliphatic carbocycles. The first kappa shape index (κ1) is 23.3. The molecule has 2 aromatic carbocycles. The van der Waals surface area contributed by atoms with Gasteiger partial charge in [0.05, 0.1) is 19.8 Å². The van der Waals surface area contributed by atoms with E-state index in [1.807, 2.05) is 49.4 Å². The number of benzene rings is 2. The van der Waals surface area contributed by atoms with Crippen LogP contribution in [0.3, 0.4) is 0 Å². The Morgan fingerprint density at radius 3 is 2.14 bits per heavy atom. The molecule has 0 N–H and O–H groups in total. The van der Waals surface area contributed by atoms with E-state index in [2.05, 4.69) is 45.2 Å². The van der Waals surface area contributed by atoms with Crippen LogP contribution in [0.2, 0.25) is 0 Å². The van der Waals surface area contributed by atoms with Crippen LogP contribution in [0.5, 0.6) is 11.5 Å². The highest BCUT2D eigenvalue weighted by molar-refractivity contribution is 14.1. The van der Waals surface area contributed by atoms with E-state index in [0.29, 0.717) is 24.5 Å². The minimum Gasteiger partial charge on any atom is -0.494 e. The number of rotatable bonds is 12. The van der Waals surface area contributed by atoms with E-state index >= 15 is 0 Å². The number of ether oxygens (including phenoxy) is 3. The third kappa shape index (κ3) is 8.55. The molecule has 0 radical (unpaired) electrons. The molecule has 4 nitrogen and oxygen atoms in total. The van der Waals surface area contributed by atoms with Gasteiger partial charge in [-0.25, -0.2) is 4.79 Å². The fourth-order valence-corrected chi connectivity index (χ4v) is 3.37. The van der Waals surface area contributed by atoms with E-state index in [-0.39, 0.29) is 5.97 Å². The average Bonchev–Trinajstić information content (AvgIpc) is 2.70. The normalized spacial score (nSPS) is 10.5. The summed E-state index contributed by atoms with van der Waals surface area (Å²) in [5, 5.41) is 0. The van der Waals surface area contributed by atoms with Crippen molar-refractivity contribution >= 4 is 51.2 Å². The molecule has 0 heterocycles. The van der Waals surface area contributed by atoms with E-state index in [1.165, 1.54) is 3.57 Å². The standard InChI is InChI=1S/C22H26I2O4/c1-2-13-28-22(25)20-16-18(24)9-12-21(20)27-15-6-4-3-5-14-26-19-10-7-17(23)8-11-19/h7-12,16H,2-6,13-15H2,1H3. The molecule has 152 valence electrons.